The molecule has 1 aliphatic carbocycles. The van der Waals surface area contributed by atoms with Crippen molar-refractivity contribution in [2.75, 3.05) is 26.2 Å². The molecule has 1 saturated carbocycles. The Labute approximate surface area is 157 Å². The molecule has 0 atom stereocenters. The van der Waals surface area contributed by atoms with Crippen molar-refractivity contribution >= 4 is 5.96 Å². The number of likely N-dealkylation sites (tertiary alicyclic amines) is 1. The molecule has 5 heteroatoms. The van der Waals surface area contributed by atoms with Crippen LogP contribution in [0.1, 0.15) is 51.2 Å². The van der Waals surface area contributed by atoms with Crippen LogP contribution in [0.5, 0.6) is 0 Å². The maximum Gasteiger partial charge on any atom is 0.191 e. The van der Waals surface area contributed by atoms with Crippen molar-refractivity contribution in [3.8, 4) is 0 Å². The Bertz CT molecular complexity index is 567. The Morgan fingerprint density at radius 1 is 1.27 bits per heavy atom. The van der Waals surface area contributed by atoms with Gasteiger partial charge in [0.1, 0.15) is 5.76 Å². The summed E-state index contributed by atoms with van der Waals surface area (Å²) in [5.74, 6) is 1.90. The predicted octanol–water partition coefficient (Wildman–Crippen LogP) is 3.34. The summed E-state index contributed by atoms with van der Waals surface area (Å²) >= 11 is 0. The van der Waals surface area contributed by atoms with Gasteiger partial charge in [-0.05, 0) is 44.7 Å². The van der Waals surface area contributed by atoms with Gasteiger partial charge >= 0.3 is 0 Å². The van der Waals surface area contributed by atoms with Crippen LogP contribution in [-0.4, -0.2) is 49.1 Å². The van der Waals surface area contributed by atoms with Gasteiger partial charge in [0, 0.05) is 38.1 Å². The molecule has 1 aromatic rings. The second-order valence-corrected chi connectivity index (χ2v) is 7.77. The molecule has 0 aromatic carbocycles. The maximum absolute atomic E-state index is 5.40. The monoisotopic (exact) mass is 358 g/mol. The number of piperidine rings is 1. The van der Waals surface area contributed by atoms with Crippen LogP contribution in [0.4, 0.5) is 0 Å². The lowest BCUT2D eigenvalue weighted by atomic mass is 10.0. The first-order valence-electron chi connectivity index (χ1n) is 10.2. The van der Waals surface area contributed by atoms with E-state index in [1.54, 1.807) is 6.26 Å². The number of aliphatic imine (C=N–C) groups is 1. The third-order valence-electron chi connectivity index (χ3n) is 5.46. The fourth-order valence-electron chi connectivity index (χ4n) is 4.00. The molecule has 2 heterocycles. The van der Waals surface area contributed by atoms with E-state index >= 15 is 0 Å². The van der Waals surface area contributed by atoms with Crippen molar-refractivity contribution in [3.05, 3.63) is 36.3 Å². The van der Waals surface area contributed by atoms with E-state index in [1.165, 1.54) is 51.6 Å². The van der Waals surface area contributed by atoms with E-state index in [2.05, 4.69) is 27.1 Å². The molecular weight excluding hydrogens is 324 g/mol. The zero-order chi connectivity index (χ0) is 18.2. The minimum Gasteiger partial charge on any atom is -0.469 e. The number of nitrogens with zero attached hydrogens (tertiary/aromatic N) is 2. The van der Waals surface area contributed by atoms with Gasteiger partial charge in [-0.2, -0.15) is 0 Å². The van der Waals surface area contributed by atoms with Crippen LogP contribution in [0.3, 0.4) is 0 Å². The highest BCUT2D eigenvalue weighted by atomic mass is 16.3. The van der Waals surface area contributed by atoms with Gasteiger partial charge in [-0.3, -0.25) is 0 Å². The lowest BCUT2D eigenvalue weighted by Crippen LogP contribution is -2.50. The molecule has 1 aromatic heterocycles. The highest BCUT2D eigenvalue weighted by molar-refractivity contribution is 5.80. The quantitative estimate of drug-likeness (QED) is 0.446. The summed E-state index contributed by atoms with van der Waals surface area (Å²) < 4.78 is 5.40. The van der Waals surface area contributed by atoms with Gasteiger partial charge < -0.3 is 20.0 Å². The van der Waals surface area contributed by atoms with E-state index < -0.39 is 0 Å². The van der Waals surface area contributed by atoms with Gasteiger partial charge in [0.15, 0.2) is 5.96 Å². The Hall–Kier alpha value is -1.75. The van der Waals surface area contributed by atoms with Crippen molar-refractivity contribution < 1.29 is 4.42 Å². The fourth-order valence-corrected chi connectivity index (χ4v) is 4.00. The lowest BCUT2D eigenvalue weighted by molar-refractivity contribution is 0.150. The first kappa shape index (κ1) is 19.0. The lowest BCUT2D eigenvalue weighted by Gasteiger charge is -2.36. The van der Waals surface area contributed by atoms with E-state index in [0.29, 0.717) is 12.6 Å². The molecule has 1 saturated heterocycles. The van der Waals surface area contributed by atoms with Gasteiger partial charge in [-0.25, -0.2) is 4.99 Å². The SMILES string of the molecule is C=C(C)CN=C(NCCc1ccco1)NC1CCN(C2CCCC2)CC1. The number of furan rings is 1. The second kappa shape index (κ2) is 9.81. The van der Waals surface area contributed by atoms with E-state index in [4.69, 9.17) is 4.42 Å². The molecule has 5 nitrogen and oxygen atoms in total. The first-order chi connectivity index (χ1) is 12.7. The van der Waals surface area contributed by atoms with Gasteiger partial charge in [-0.15, -0.1) is 0 Å². The Balaban J connectivity index is 1.45. The highest BCUT2D eigenvalue weighted by Gasteiger charge is 2.27. The molecule has 3 rings (SSSR count). The average molecular weight is 359 g/mol. The number of guanidine groups is 1. The first-order valence-corrected chi connectivity index (χ1v) is 10.2. The minimum absolute atomic E-state index is 0.507. The van der Waals surface area contributed by atoms with E-state index in [1.807, 2.05) is 19.1 Å². The van der Waals surface area contributed by atoms with Crippen molar-refractivity contribution in [2.45, 2.75) is 64.0 Å². The van der Waals surface area contributed by atoms with Crippen LogP contribution in [0.15, 0.2) is 40.0 Å². The largest absolute Gasteiger partial charge is 0.469 e. The summed E-state index contributed by atoms with van der Waals surface area (Å²) in [4.78, 5) is 7.39. The smallest absolute Gasteiger partial charge is 0.191 e. The van der Waals surface area contributed by atoms with Crippen LogP contribution in [0.2, 0.25) is 0 Å². The van der Waals surface area contributed by atoms with E-state index in [0.717, 1.165) is 36.3 Å². The van der Waals surface area contributed by atoms with Crippen LogP contribution >= 0.6 is 0 Å². The van der Waals surface area contributed by atoms with Crippen LogP contribution in [0, 0.1) is 0 Å². The predicted molar refractivity (Wildman–Crippen MR) is 108 cm³/mol. The molecule has 2 aliphatic rings. The summed E-state index contributed by atoms with van der Waals surface area (Å²) in [7, 11) is 0. The molecular formula is C21H34N4O. The third-order valence-corrected chi connectivity index (χ3v) is 5.46. The number of hydrogen-bond donors (Lipinski definition) is 2. The van der Waals surface area contributed by atoms with Crippen molar-refractivity contribution in [1.82, 2.24) is 15.5 Å². The topological polar surface area (TPSA) is 52.8 Å². The summed E-state index contributed by atoms with van der Waals surface area (Å²) in [5.41, 5.74) is 1.08. The van der Waals surface area contributed by atoms with Crippen LogP contribution in [0.25, 0.3) is 0 Å². The zero-order valence-electron chi connectivity index (χ0n) is 16.2. The molecule has 0 spiro atoms. The van der Waals surface area contributed by atoms with Gasteiger partial charge in [-0.1, -0.05) is 25.0 Å². The minimum atomic E-state index is 0.507. The molecule has 1 aliphatic heterocycles. The van der Waals surface area contributed by atoms with Crippen LogP contribution in [-0.2, 0) is 6.42 Å². The van der Waals surface area contributed by atoms with Crippen molar-refractivity contribution in [2.24, 2.45) is 4.99 Å². The second-order valence-electron chi connectivity index (χ2n) is 7.77. The van der Waals surface area contributed by atoms with Gasteiger partial charge in [0.2, 0.25) is 0 Å². The molecule has 0 unspecified atom stereocenters. The van der Waals surface area contributed by atoms with Crippen LogP contribution < -0.4 is 10.6 Å². The Morgan fingerprint density at radius 3 is 2.69 bits per heavy atom. The van der Waals surface area contributed by atoms with Gasteiger partial charge in [0.05, 0.1) is 12.8 Å². The summed E-state index contributed by atoms with van der Waals surface area (Å²) in [5, 5.41) is 7.09. The molecule has 2 N–H and O–H groups in total. The van der Waals surface area contributed by atoms with Gasteiger partial charge in [0.25, 0.3) is 0 Å². The molecule has 0 radical (unpaired) electrons. The zero-order valence-corrected chi connectivity index (χ0v) is 16.2. The normalized spacial score (nSPS) is 20.4. The van der Waals surface area contributed by atoms with Crippen molar-refractivity contribution in [3.63, 3.8) is 0 Å². The number of rotatable bonds is 7. The van der Waals surface area contributed by atoms with E-state index in [9.17, 15) is 0 Å². The highest BCUT2D eigenvalue weighted by Crippen LogP contribution is 2.26. The average Bonchev–Trinajstić information content (AvgIpc) is 3.34. The summed E-state index contributed by atoms with van der Waals surface area (Å²) in [6.07, 6.45) is 10.6. The fraction of sp³-hybridized carbons (Fsp3) is 0.667. The standard InChI is InChI=1S/C21H34N4O/c1-17(2)16-23-21(22-12-9-20-8-5-15-26-20)24-18-10-13-25(14-11-18)19-6-3-4-7-19/h5,8,15,18-19H,1,3-4,6-7,9-14,16H2,2H3,(H2,22,23,24). The van der Waals surface area contributed by atoms with E-state index in [-0.39, 0.29) is 0 Å². The summed E-state index contributed by atoms with van der Waals surface area (Å²) in [6, 6.07) is 5.30. The Kier molecular flexibility index (Phi) is 7.18. The summed E-state index contributed by atoms with van der Waals surface area (Å²) in [6.45, 7) is 9.88. The molecule has 26 heavy (non-hydrogen) atoms. The van der Waals surface area contributed by atoms with Crippen molar-refractivity contribution in [1.29, 1.82) is 0 Å². The molecule has 0 amide bonds. The molecule has 0 bridgehead atoms. The number of hydrogen-bond acceptors (Lipinski definition) is 3. The number of nitrogens with one attached hydrogen (secondary N) is 2. The Morgan fingerprint density at radius 2 is 2.04 bits per heavy atom. The third kappa shape index (κ3) is 5.90. The molecule has 2 fully saturated rings. The maximum atomic E-state index is 5.40. The molecule has 144 valence electrons.